The molecule has 0 saturated heterocycles. The highest BCUT2D eigenvalue weighted by Gasteiger charge is 2.09. The summed E-state index contributed by atoms with van der Waals surface area (Å²) in [7, 11) is 1.88. The molecule has 4 aromatic heterocycles. The molecule has 0 saturated carbocycles. The number of hydrogen-bond acceptors (Lipinski definition) is 4. The molecule has 0 N–H and O–H groups in total. The van der Waals surface area contributed by atoms with E-state index in [0.29, 0.717) is 0 Å². The predicted molar refractivity (Wildman–Crippen MR) is 85.0 cm³/mol. The summed E-state index contributed by atoms with van der Waals surface area (Å²) in [4.78, 5) is 9.41. The molecule has 0 amide bonds. The third-order valence-electron chi connectivity index (χ3n) is 3.39. The zero-order valence-electron chi connectivity index (χ0n) is 11.7. The SMILES string of the molecule is Cn1cc(-c2ccc3sc(-c4ccc(F)nc4)cc3n2)cn1. The standard InChI is InChI=1S/C16H11FN4S/c1-21-9-11(8-19-21)12-3-4-14-13(20-12)6-15(22-14)10-2-5-16(17)18-7-10/h2-9H,1H3. The van der Waals surface area contributed by atoms with Crippen LogP contribution in [0.2, 0.25) is 0 Å². The monoisotopic (exact) mass is 310 g/mol. The second-order valence-corrected chi connectivity index (χ2v) is 6.05. The van der Waals surface area contributed by atoms with Gasteiger partial charge in [-0.05, 0) is 30.3 Å². The van der Waals surface area contributed by atoms with Crippen LogP contribution in [0.4, 0.5) is 4.39 Å². The van der Waals surface area contributed by atoms with Crippen molar-refractivity contribution >= 4 is 21.6 Å². The van der Waals surface area contributed by atoms with Crippen LogP contribution in [0, 0.1) is 5.95 Å². The van der Waals surface area contributed by atoms with Crippen LogP contribution >= 0.6 is 11.3 Å². The van der Waals surface area contributed by atoms with E-state index in [1.165, 1.54) is 6.07 Å². The lowest BCUT2D eigenvalue weighted by atomic mass is 10.2. The first-order valence-corrected chi connectivity index (χ1v) is 7.52. The Balaban J connectivity index is 1.79. The molecule has 0 atom stereocenters. The lowest BCUT2D eigenvalue weighted by Gasteiger charge is -1.95. The van der Waals surface area contributed by atoms with Gasteiger partial charge in [-0.2, -0.15) is 9.49 Å². The molecule has 0 aromatic carbocycles. The smallest absolute Gasteiger partial charge is 0.212 e. The van der Waals surface area contributed by atoms with Crippen LogP contribution in [0.15, 0.2) is 48.9 Å². The van der Waals surface area contributed by atoms with E-state index in [-0.39, 0.29) is 0 Å². The molecule has 0 fully saturated rings. The molecule has 0 aliphatic carbocycles. The second-order valence-electron chi connectivity index (χ2n) is 4.96. The zero-order chi connectivity index (χ0) is 15.1. The second kappa shape index (κ2) is 4.99. The van der Waals surface area contributed by atoms with Gasteiger partial charge in [0.2, 0.25) is 5.95 Å². The van der Waals surface area contributed by atoms with E-state index in [9.17, 15) is 4.39 Å². The number of aryl methyl sites for hydroxylation is 1. The van der Waals surface area contributed by atoms with Crippen LogP contribution in [0.3, 0.4) is 0 Å². The summed E-state index contributed by atoms with van der Waals surface area (Å²) in [6.45, 7) is 0. The first kappa shape index (κ1) is 13.1. The van der Waals surface area contributed by atoms with Crippen molar-refractivity contribution in [2.24, 2.45) is 7.05 Å². The highest BCUT2D eigenvalue weighted by Crippen LogP contribution is 2.33. The van der Waals surface area contributed by atoms with Crippen molar-refractivity contribution in [3.63, 3.8) is 0 Å². The van der Waals surface area contributed by atoms with E-state index < -0.39 is 5.95 Å². The van der Waals surface area contributed by atoms with Gasteiger partial charge < -0.3 is 0 Å². The fraction of sp³-hybridized carbons (Fsp3) is 0.0625. The molecule has 4 nitrogen and oxygen atoms in total. The molecule has 22 heavy (non-hydrogen) atoms. The number of rotatable bonds is 2. The van der Waals surface area contributed by atoms with E-state index in [2.05, 4.69) is 21.1 Å². The van der Waals surface area contributed by atoms with E-state index in [1.54, 1.807) is 34.5 Å². The Morgan fingerprint density at radius 2 is 2.00 bits per heavy atom. The van der Waals surface area contributed by atoms with Gasteiger partial charge in [-0.3, -0.25) is 4.68 Å². The average Bonchev–Trinajstić information content (AvgIpc) is 3.13. The van der Waals surface area contributed by atoms with E-state index in [1.807, 2.05) is 25.4 Å². The summed E-state index contributed by atoms with van der Waals surface area (Å²) in [6, 6.07) is 9.15. The molecule has 4 heterocycles. The zero-order valence-corrected chi connectivity index (χ0v) is 12.5. The first-order chi connectivity index (χ1) is 10.7. The molecular formula is C16H11FN4S. The van der Waals surface area contributed by atoms with Crippen LogP contribution < -0.4 is 0 Å². The number of fused-ring (bicyclic) bond motifs is 1. The minimum Gasteiger partial charge on any atom is -0.275 e. The number of halogens is 1. The lowest BCUT2D eigenvalue weighted by molar-refractivity contribution is 0.584. The third-order valence-corrected chi connectivity index (χ3v) is 4.52. The lowest BCUT2D eigenvalue weighted by Crippen LogP contribution is -1.84. The molecule has 0 unspecified atom stereocenters. The fourth-order valence-corrected chi connectivity index (χ4v) is 3.29. The van der Waals surface area contributed by atoms with Crippen LogP contribution in [0.5, 0.6) is 0 Å². The Morgan fingerprint density at radius 1 is 1.09 bits per heavy atom. The van der Waals surface area contributed by atoms with Crippen molar-refractivity contribution in [3.05, 3.63) is 54.9 Å². The van der Waals surface area contributed by atoms with Gasteiger partial charge in [-0.15, -0.1) is 11.3 Å². The number of hydrogen-bond donors (Lipinski definition) is 0. The van der Waals surface area contributed by atoms with Gasteiger partial charge >= 0.3 is 0 Å². The Labute approximate surface area is 129 Å². The van der Waals surface area contributed by atoms with Gasteiger partial charge in [0.25, 0.3) is 0 Å². The Hall–Kier alpha value is -2.60. The maximum atomic E-state index is 12.9. The quantitative estimate of drug-likeness (QED) is 0.527. The van der Waals surface area contributed by atoms with Gasteiger partial charge in [0.1, 0.15) is 0 Å². The maximum Gasteiger partial charge on any atom is 0.212 e. The van der Waals surface area contributed by atoms with Crippen molar-refractivity contribution < 1.29 is 4.39 Å². The molecule has 108 valence electrons. The minimum atomic E-state index is -0.471. The summed E-state index contributed by atoms with van der Waals surface area (Å²) in [5.74, 6) is -0.471. The topological polar surface area (TPSA) is 43.6 Å². The molecule has 0 aliphatic heterocycles. The molecule has 4 aromatic rings. The predicted octanol–water partition coefficient (Wildman–Crippen LogP) is 3.90. The number of thiophene rings is 1. The summed E-state index contributed by atoms with van der Waals surface area (Å²) >= 11 is 1.62. The van der Waals surface area contributed by atoms with Crippen LogP contribution in [-0.2, 0) is 7.05 Å². The van der Waals surface area contributed by atoms with E-state index in [0.717, 1.165) is 31.9 Å². The average molecular weight is 310 g/mol. The third kappa shape index (κ3) is 2.27. The Bertz CT molecular complexity index is 956. The molecule has 6 heteroatoms. The maximum absolute atomic E-state index is 12.9. The van der Waals surface area contributed by atoms with Gasteiger partial charge in [0, 0.05) is 35.4 Å². The van der Waals surface area contributed by atoms with Crippen LogP contribution in [0.25, 0.3) is 31.9 Å². The summed E-state index contributed by atoms with van der Waals surface area (Å²) in [6.07, 6.45) is 5.28. The number of pyridine rings is 2. The molecular weight excluding hydrogens is 299 g/mol. The van der Waals surface area contributed by atoms with Gasteiger partial charge in [0.15, 0.2) is 0 Å². The van der Waals surface area contributed by atoms with Gasteiger partial charge in [-0.25, -0.2) is 9.97 Å². The molecule has 0 aliphatic rings. The number of aromatic nitrogens is 4. The van der Waals surface area contributed by atoms with Crippen molar-refractivity contribution in [1.82, 2.24) is 19.7 Å². The van der Waals surface area contributed by atoms with Crippen molar-refractivity contribution in [3.8, 4) is 21.7 Å². The Morgan fingerprint density at radius 3 is 2.73 bits per heavy atom. The first-order valence-electron chi connectivity index (χ1n) is 6.70. The largest absolute Gasteiger partial charge is 0.275 e. The van der Waals surface area contributed by atoms with Gasteiger partial charge in [0.05, 0.1) is 22.1 Å². The van der Waals surface area contributed by atoms with Gasteiger partial charge in [-0.1, -0.05) is 0 Å². The number of nitrogens with zero attached hydrogens (tertiary/aromatic N) is 4. The highest BCUT2D eigenvalue weighted by atomic mass is 32.1. The van der Waals surface area contributed by atoms with Crippen molar-refractivity contribution in [2.45, 2.75) is 0 Å². The summed E-state index contributed by atoms with van der Waals surface area (Å²) in [5, 5.41) is 4.17. The molecule has 0 bridgehead atoms. The van der Waals surface area contributed by atoms with E-state index >= 15 is 0 Å². The summed E-state index contributed by atoms with van der Waals surface area (Å²) < 4.78 is 15.8. The fourth-order valence-electron chi connectivity index (χ4n) is 2.30. The van der Waals surface area contributed by atoms with Crippen LogP contribution in [-0.4, -0.2) is 19.7 Å². The minimum absolute atomic E-state index is 0.471. The van der Waals surface area contributed by atoms with Crippen molar-refractivity contribution in [2.75, 3.05) is 0 Å². The van der Waals surface area contributed by atoms with E-state index in [4.69, 9.17) is 0 Å². The normalized spacial score (nSPS) is 11.2. The highest BCUT2D eigenvalue weighted by molar-refractivity contribution is 7.22. The van der Waals surface area contributed by atoms with Crippen LogP contribution in [0.1, 0.15) is 0 Å². The Kier molecular flexibility index (Phi) is 2.97. The molecule has 4 rings (SSSR count). The summed E-state index contributed by atoms with van der Waals surface area (Å²) in [5.41, 5.74) is 3.70. The molecule has 0 spiro atoms. The molecule has 0 radical (unpaired) electrons. The van der Waals surface area contributed by atoms with Crippen molar-refractivity contribution in [1.29, 1.82) is 0 Å².